The number of rotatable bonds is 3. The van der Waals surface area contributed by atoms with Crippen molar-refractivity contribution in [1.29, 1.82) is 0 Å². The maximum atomic E-state index is 13.8. The fraction of sp³-hybridized carbons (Fsp3) is 0.462. The van der Waals surface area contributed by atoms with E-state index in [2.05, 4.69) is 10.6 Å². The molecule has 0 aliphatic carbocycles. The van der Waals surface area contributed by atoms with Crippen LogP contribution in [0.15, 0.2) is 36.4 Å². The van der Waals surface area contributed by atoms with Crippen molar-refractivity contribution in [3.05, 3.63) is 64.5 Å². The summed E-state index contributed by atoms with van der Waals surface area (Å²) in [6, 6.07) is 3.03. The van der Waals surface area contributed by atoms with Crippen molar-refractivity contribution in [2.45, 2.75) is 64.0 Å². The molecule has 0 saturated carbocycles. The van der Waals surface area contributed by atoms with E-state index in [9.17, 15) is 40.3 Å². The molecule has 39 heavy (non-hydrogen) atoms. The summed E-state index contributed by atoms with van der Waals surface area (Å²) in [5.74, 6) is -1.08. The minimum Gasteiger partial charge on any atom is -0.444 e. The Labute approximate surface area is 220 Å². The Morgan fingerprint density at radius 3 is 2.05 bits per heavy atom. The molecular formula is C26H28F7N3O3. The first-order valence-corrected chi connectivity index (χ1v) is 11.9. The third-order valence-electron chi connectivity index (χ3n) is 6.06. The molecule has 214 valence electrons. The Balaban J connectivity index is 1.86. The molecule has 1 fully saturated rings. The number of urea groups is 1. The van der Waals surface area contributed by atoms with Crippen molar-refractivity contribution < 1.29 is 45.1 Å². The van der Waals surface area contributed by atoms with Crippen molar-refractivity contribution in [3.8, 4) is 0 Å². The van der Waals surface area contributed by atoms with Crippen molar-refractivity contribution in [1.82, 2.24) is 10.2 Å². The van der Waals surface area contributed by atoms with Crippen molar-refractivity contribution in [2.24, 2.45) is 0 Å². The van der Waals surface area contributed by atoms with E-state index >= 15 is 0 Å². The molecule has 13 heteroatoms. The number of halogens is 7. The van der Waals surface area contributed by atoms with Crippen LogP contribution in [-0.4, -0.2) is 41.8 Å². The smallest absolute Gasteiger partial charge is 0.416 e. The first-order valence-electron chi connectivity index (χ1n) is 11.9. The van der Waals surface area contributed by atoms with Gasteiger partial charge in [-0.25, -0.2) is 14.0 Å². The van der Waals surface area contributed by atoms with Crippen LogP contribution < -0.4 is 10.6 Å². The van der Waals surface area contributed by atoms with Crippen LogP contribution >= 0.6 is 0 Å². The molecule has 0 bridgehead atoms. The lowest BCUT2D eigenvalue weighted by Gasteiger charge is -2.40. The van der Waals surface area contributed by atoms with Gasteiger partial charge in [-0.05, 0) is 75.6 Å². The number of nitrogens with one attached hydrogen (secondary N) is 2. The highest BCUT2D eigenvalue weighted by molar-refractivity contribution is 5.89. The first-order chi connectivity index (χ1) is 17.8. The number of carbonyl (C=O) groups excluding carboxylic acids is 2. The van der Waals surface area contributed by atoms with Gasteiger partial charge in [0.1, 0.15) is 11.4 Å². The van der Waals surface area contributed by atoms with Crippen molar-refractivity contribution >= 4 is 17.8 Å². The number of hydrogen-bond acceptors (Lipinski definition) is 3. The van der Waals surface area contributed by atoms with Crippen LogP contribution in [0.1, 0.15) is 55.4 Å². The van der Waals surface area contributed by atoms with Gasteiger partial charge in [0.2, 0.25) is 0 Å². The van der Waals surface area contributed by atoms with Crippen LogP contribution in [0.3, 0.4) is 0 Å². The number of piperidine rings is 1. The molecule has 2 aromatic rings. The summed E-state index contributed by atoms with van der Waals surface area (Å²) in [6.45, 7) is 6.95. The molecule has 0 radical (unpaired) electrons. The molecule has 1 heterocycles. The number of anilines is 1. The van der Waals surface area contributed by atoms with E-state index in [4.69, 9.17) is 4.74 Å². The van der Waals surface area contributed by atoms with E-state index < -0.39 is 64.7 Å². The number of ether oxygens (including phenoxy) is 1. The lowest BCUT2D eigenvalue weighted by Crippen LogP contribution is -2.53. The number of hydrogen-bond donors (Lipinski definition) is 2. The highest BCUT2D eigenvalue weighted by atomic mass is 19.4. The van der Waals surface area contributed by atoms with Gasteiger partial charge < -0.3 is 20.3 Å². The Morgan fingerprint density at radius 2 is 1.54 bits per heavy atom. The Bertz CT molecular complexity index is 1190. The largest absolute Gasteiger partial charge is 0.444 e. The van der Waals surface area contributed by atoms with Gasteiger partial charge in [-0.15, -0.1) is 0 Å². The Kier molecular flexibility index (Phi) is 8.42. The van der Waals surface area contributed by atoms with Crippen LogP contribution in [0.25, 0.3) is 0 Å². The molecule has 2 aromatic carbocycles. The number of alkyl halides is 6. The number of aryl methyl sites for hydroxylation is 1. The number of benzene rings is 2. The molecule has 0 unspecified atom stereocenters. The highest BCUT2D eigenvalue weighted by Gasteiger charge is 2.38. The maximum absolute atomic E-state index is 13.8. The fourth-order valence-corrected chi connectivity index (χ4v) is 4.35. The van der Waals surface area contributed by atoms with Gasteiger partial charge in [0.05, 0.1) is 11.1 Å². The maximum Gasteiger partial charge on any atom is 0.416 e. The monoisotopic (exact) mass is 563 g/mol. The number of amides is 3. The van der Waals surface area contributed by atoms with Crippen molar-refractivity contribution in [3.63, 3.8) is 0 Å². The second-order valence-electron chi connectivity index (χ2n) is 10.3. The summed E-state index contributed by atoms with van der Waals surface area (Å²) >= 11 is 0. The first kappa shape index (κ1) is 30.0. The third-order valence-corrected chi connectivity index (χ3v) is 6.06. The van der Waals surface area contributed by atoms with Gasteiger partial charge in [-0.3, -0.25) is 0 Å². The average Bonchev–Trinajstić information content (AvgIpc) is 2.77. The molecule has 1 saturated heterocycles. The summed E-state index contributed by atoms with van der Waals surface area (Å²) in [5.41, 5.74) is -3.47. The molecule has 2 atom stereocenters. The van der Waals surface area contributed by atoms with Crippen LogP contribution in [0.2, 0.25) is 0 Å². The lowest BCUT2D eigenvalue weighted by atomic mass is 9.84. The van der Waals surface area contributed by atoms with Crippen LogP contribution in [0.4, 0.5) is 46.0 Å². The standard InChI is InChI=1S/C26H28F7N3O3/c1-14-9-17(27)5-6-19(14)20-13-36(23(38)39-24(2,3)4)8-7-21(20)35-22(37)34-18-11-15(25(28,29)30)10-16(12-18)26(31,32)33/h5-6,9-12,20-21H,7-8,13H2,1-4H3,(H2,34,35,37)/t20-,21+/m0/s1. The summed E-state index contributed by atoms with van der Waals surface area (Å²) in [4.78, 5) is 26.9. The Hall–Kier alpha value is -3.51. The Morgan fingerprint density at radius 1 is 0.949 bits per heavy atom. The van der Waals surface area contributed by atoms with Gasteiger partial charge in [0.25, 0.3) is 0 Å². The van der Waals surface area contributed by atoms with Gasteiger partial charge >= 0.3 is 24.5 Å². The van der Waals surface area contributed by atoms with Crippen LogP contribution in [-0.2, 0) is 17.1 Å². The molecule has 2 N–H and O–H groups in total. The van der Waals surface area contributed by atoms with E-state index in [1.165, 1.54) is 23.1 Å². The highest BCUT2D eigenvalue weighted by Crippen LogP contribution is 2.38. The second-order valence-corrected chi connectivity index (χ2v) is 10.3. The molecule has 3 rings (SSSR count). The second kappa shape index (κ2) is 10.9. The van der Waals surface area contributed by atoms with Gasteiger partial charge in [-0.1, -0.05) is 6.07 Å². The SMILES string of the molecule is Cc1cc(F)ccc1[C@@H]1CN(C(=O)OC(C)(C)C)CC[C@H]1NC(=O)Nc1cc(C(F)(F)F)cc(C(F)(F)F)c1. The fourth-order valence-electron chi connectivity index (χ4n) is 4.35. The number of nitrogens with zero attached hydrogens (tertiary/aromatic N) is 1. The zero-order valence-corrected chi connectivity index (χ0v) is 21.6. The van der Waals surface area contributed by atoms with Crippen LogP contribution in [0, 0.1) is 12.7 Å². The summed E-state index contributed by atoms with van der Waals surface area (Å²) < 4.78 is 98.3. The molecule has 6 nitrogen and oxygen atoms in total. The van der Waals surface area contributed by atoms with Gasteiger partial charge in [0.15, 0.2) is 0 Å². The number of carbonyl (C=O) groups is 2. The zero-order chi connectivity index (χ0) is 29.3. The van der Waals surface area contributed by atoms with Gasteiger partial charge in [0, 0.05) is 30.7 Å². The molecule has 0 aromatic heterocycles. The van der Waals surface area contributed by atoms with E-state index in [0.29, 0.717) is 23.3 Å². The molecule has 1 aliphatic rings. The van der Waals surface area contributed by atoms with Crippen molar-refractivity contribution in [2.75, 3.05) is 18.4 Å². The van der Waals surface area contributed by atoms with E-state index in [1.807, 2.05) is 0 Å². The normalized spacial score (nSPS) is 18.5. The predicted octanol–water partition coefficient (Wildman–Crippen LogP) is 7.09. The quantitative estimate of drug-likeness (QED) is 0.392. The molecule has 1 aliphatic heterocycles. The van der Waals surface area contributed by atoms with E-state index in [1.54, 1.807) is 27.7 Å². The molecular weight excluding hydrogens is 535 g/mol. The van der Waals surface area contributed by atoms with E-state index in [0.717, 1.165) is 0 Å². The zero-order valence-electron chi connectivity index (χ0n) is 21.6. The minimum atomic E-state index is -5.08. The average molecular weight is 564 g/mol. The minimum absolute atomic E-state index is 0.0389. The summed E-state index contributed by atoms with van der Waals surface area (Å²) in [6.07, 6.45) is -10.6. The summed E-state index contributed by atoms with van der Waals surface area (Å²) in [7, 11) is 0. The topological polar surface area (TPSA) is 70.7 Å². The van der Waals surface area contributed by atoms with E-state index in [-0.39, 0.29) is 25.6 Å². The summed E-state index contributed by atoms with van der Waals surface area (Å²) in [5, 5.41) is 4.66. The molecule has 0 spiro atoms. The van der Waals surface area contributed by atoms with Crippen LogP contribution in [0.5, 0.6) is 0 Å². The van der Waals surface area contributed by atoms with Gasteiger partial charge in [-0.2, -0.15) is 26.3 Å². The lowest BCUT2D eigenvalue weighted by molar-refractivity contribution is -0.143. The predicted molar refractivity (Wildman–Crippen MR) is 129 cm³/mol. The number of likely N-dealkylation sites (tertiary alicyclic amines) is 1. The third kappa shape index (κ3) is 7.99. The molecule has 3 amide bonds.